The summed E-state index contributed by atoms with van der Waals surface area (Å²) in [6.45, 7) is 3.67. The van der Waals surface area contributed by atoms with Crippen molar-refractivity contribution in [1.82, 2.24) is 0 Å². The molecule has 1 amide bonds. The van der Waals surface area contributed by atoms with Crippen LogP contribution in [-0.2, 0) is 11.0 Å². The molecule has 0 aromatic heterocycles. The maximum absolute atomic E-state index is 12.5. The number of carbonyl (C=O) groups is 1. The molecule has 2 aromatic rings. The van der Waals surface area contributed by atoms with Gasteiger partial charge >= 0.3 is 6.18 Å². The maximum atomic E-state index is 12.5. The number of halogens is 3. The van der Waals surface area contributed by atoms with Crippen LogP contribution in [-0.4, -0.2) is 12.0 Å². The lowest BCUT2D eigenvalue weighted by molar-refractivity contribution is -0.137. The van der Waals surface area contributed by atoms with Gasteiger partial charge < -0.3 is 10.1 Å². The number of hydrogen-bond donors (Lipinski definition) is 1. The first kappa shape index (κ1) is 17.8. The lowest BCUT2D eigenvalue weighted by Gasteiger charge is -2.18. The summed E-state index contributed by atoms with van der Waals surface area (Å²) in [7, 11) is 0. The molecule has 0 aliphatic heterocycles. The number of amides is 1. The number of rotatable bonds is 5. The Morgan fingerprint density at radius 1 is 1.12 bits per heavy atom. The van der Waals surface area contributed by atoms with E-state index in [1.54, 1.807) is 13.0 Å². The van der Waals surface area contributed by atoms with Crippen molar-refractivity contribution in [2.45, 2.75) is 32.5 Å². The summed E-state index contributed by atoms with van der Waals surface area (Å²) in [5.41, 5.74) is 0.432. The van der Waals surface area contributed by atoms with Crippen molar-refractivity contribution in [3.8, 4) is 5.75 Å². The molecule has 0 bridgehead atoms. The minimum atomic E-state index is -4.40. The molecular formula is C18H18F3NO2. The molecule has 0 radical (unpaired) electrons. The topological polar surface area (TPSA) is 38.3 Å². The summed E-state index contributed by atoms with van der Waals surface area (Å²) in [6.07, 6.45) is -4.70. The Morgan fingerprint density at radius 2 is 1.75 bits per heavy atom. The van der Waals surface area contributed by atoms with E-state index in [1.807, 2.05) is 25.1 Å². The van der Waals surface area contributed by atoms with Crippen LogP contribution in [0, 0.1) is 6.92 Å². The van der Waals surface area contributed by atoms with E-state index in [0.717, 1.165) is 17.7 Å². The minimum Gasteiger partial charge on any atom is -0.480 e. The predicted molar refractivity (Wildman–Crippen MR) is 86.0 cm³/mol. The van der Waals surface area contributed by atoms with Gasteiger partial charge in [0.15, 0.2) is 6.10 Å². The fourth-order valence-electron chi connectivity index (χ4n) is 2.13. The van der Waals surface area contributed by atoms with Crippen LogP contribution in [0.4, 0.5) is 18.9 Å². The molecule has 0 saturated carbocycles. The monoisotopic (exact) mass is 337 g/mol. The second kappa shape index (κ2) is 7.38. The SMILES string of the molecule is CC[C@@H](Oc1ccccc1C)C(=O)Nc1ccc(C(F)(F)F)cc1. The summed E-state index contributed by atoms with van der Waals surface area (Å²) in [6, 6.07) is 11.6. The van der Waals surface area contributed by atoms with Crippen LogP contribution in [0.25, 0.3) is 0 Å². The Bertz CT molecular complexity index is 696. The molecule has 2 rings (SSSR count). The summed E-state index contributed by atoms with van der Waals surface area (Å²) in [5, 5.41) is 2.58. The summed E-state index contributed by atoms with van der Waals surface area (Å²) >= 11 is 0. The van der Waals surface area contributed by atoms with Gasteiger partial charge in [-0.25, -0.2) is 0 Å². The van der Waals surface area contributed by atoms with E-state index < -0.39 is 23.8 Å². The normalized spacial score (nSPS) is 12.5. The van der Waals surface area contributed by atoms with E-state index in [0.29, 0.717) is 17.9 Å². The summed E-state index contributed by atoms with van der Waals surface area (Å²) in [5.74, 6) is 0.201. The van der Waals surface area contributed by atoms with Crippen molar-refractivity contribution < 1.29 is 22.7 Å². The number of benzene rings is 2. The molecule has 0 fully saturated rings. The second-order valence-corrected chi connectivity index (χ2v) is 5.34. The second-order valence-electron chi connectivity index (χ2n) is 5.34. The molecule has 0 aliphatic carbocycles. The Hall–Kier alpha value is -2.50. The third-order valence-corrected chi connectivity index (χ3v) is 3.51. The van der Waals surface area contributed by atoms with Crippen molar-refractivity contribution in [3.63, 3.8) is 0 Å². The fraction of sp³-hybridized carbons (Fsp3) is 0.278. The highest BCUT2D eigenvalue weighted by Crippen LogP contribution is 2.30. The first-order valence-corrected chi connectivity index (χ1v) is 7.51. The van der Waals surface area contributed by atoms with Gasteiger partial charge in [0, 0.05) is 5.69 Å². The molecule has 0 aliphatic rings. The van der Waals surface area contributed by atoms with Crippen LogP contribution in [0.15, 0.2) is 48.5 Å². The first-order chi connectivity index (χ1) is 11.3. The minimum absolute atomic E-state index is 0.292. The number of aryl methyl sites for hydroxylation is 1. The zero-order chi connectivity index (χ0) is 17.7. The van der Waals surface area contributed by atoms with Gasteiger partial charge in [-0.1, -0.05) is 25.1 Å². The number of alkyl halides is 3. The van der Waals surface area contributed by atoms with Crippen molar-refractivity contribution in [2.75, 3.05) is 5.32 Å². The lowest BCUT2D eigenvalue weighted by atomic mass is 10.2. The molecule has 6 heteroatoms. The zero-order valence-corrected chi connectivity index (χ0v) is 13.4. The Morgan fingerprint density at radius 3 is 2.29 bits per heavy atom. The molecule has 0 saturated heterocycles. The number of para-hydroxylation sites is 1. The van der Waals surface area contributed by atoms with Crippen LogP contribution in [0.2, 0.25) is 0 Å². The molecular weight excluding hydrogens is 319 g/mol. The van der Waals surface area contributed by atoms with Crippen LogP contribution in [0.5, 0.6) is 5.75 Å². The van der Waals surface area contributed by atoms with Gasteiger partial charge in [0.1, 0.15) is 5.75 Å². The number of ether oxygens (including phenoxy) is 1. The number of anilines is 1. The Labute approximate surface area is 138 Å². The molecule has 0 unspecified atom stereocenters. The highest BCUT2D eigenvalue weighted by Gasteiger charge is 2.30. The van der Waals surface area contributed by atoms with Gasteiger partial charge in [-0.05, 0) is 49.2 Å². The summed E-state index contributed by atoms with van der Waals surface area (Å²) in [4.78, 5) is 12.3. The molecule has 0 heterocycles. The van der Waals surface area contributed by atoms with Crippen LogP contribution >= 0.6 is 0 Å². The van der Waals surface area contributed by atoms with E-state index in [-0.39, 0.29) is 0 Å². The number of carbonyl (C=O) groups excluding carboxylic acids is 1. The highest BCUT2D eigenvalue weighted by molar-refractivity contribution is 5.94. The number of hydrogen-bond acceptors (Lipinski definition) is 2. The molecule has 128 valence electrons. The van der Waals surface area contributed by atoms with Crippen LogP contribution in [0.1, 0.15) is 24.5 Å². The molecule has 0 spiro atoms. The lowest BCUT2D eigenvalue weighted by Crippen LogP contribution is -2.32. The Balaban J connectivity index is 2.05. The van der Waals surface area contributed by atoms with Gasteiger partial charge in [0.05, 0.1) is 5.56 Å². The van der Waals surface area contributed by atoms with E-state index >= 15 is 0 Å². The quantitative estimate of drug-likeness (QED) is 0.850. The van der Waals surface area contributed by atoms with Gasteiger partial charge in [0.2, 0.25) is 0 Å². The first-order valence-electron chi connectivity index (χ1n) is 7.51. The van der Waals surface area contributed by atoms with E-state index in [2.05, 4.69) is 5.32 Å². The smallest absolute Gasteiger partial charge is 0.416 e. The zero-order valence-electron chi connectivity index (χ0n) is 13.4. The third kappa shape index (κ3) is 4.50. The standard InChI is InChI=1S/C18H18F3NO2/c1-3-15(24-16-7-5-4-6-12(16)2)17(23)22-14-10-8-13(9-11-14)18(19,20)21/h4-11,15H,3H2,1-2H3,(H,22,23)/t15-/m1/s1. The van der Waals surface area contributed by atoms with Crippen molar-refractivity contribution >= 4 is 11.6 Å². The van der Waals surface area contributed by atoms with Gasteiger partial charge in [-0.3, -0.25) is 4.79 Å². The Kier molecular flexibility index (Phi) is 5.49. The van der Waals surface area contributed by atoms with Crippen molar-refractivity contribution in [2.24, 2.45) is 0 Å². The van der Waals surface area contributed by atoms with Crippen molar-refractivity contribution in [1.29, 1.82) is 0 Å². The van der Waals surface area contributed by atoms with Gasteiger partial charge in [0.25, 0.3) is 5.91 Å². The predicted octanol–water partition coefficient (Wildman–Crippen LogP) is 4.81. The largest absolute Gasteiger partial charge is 0.480 e. The molecule has 1 N–H and O–H groups in total. The van der Waals surface area contributed by atoms with Gasteiger partial charge in [-0.2, -0.15) is 13.2 Å². The molecule has 3 nitrogen and oxygen atoms in total. The molecule has 2 aromatic carbocycles. The molecule has 24 heavy (non-hydrogen) atoms. The average molecular weight is 337 g/mol. The molecule has 1 atom stereocenters. The summed E-state index contributed by atoms with van der Waals surface area (Å²) < 4.78 is 43.3. The van der Waals surface area contributed by atoms with Crippen LogP contribution in [0.3, 0.4) is 0 Å². The maximum Gasteiger partial charge on any atom is 0.416 e. The van der Waals surface area contributed by atoms with E-state index in [9.17, 15) is 18.0 Å². The van der Waals surface area contributed by atoms with Crippen molar-refractivity contribution in [3.05, 3.63) is 59.7 Å². The van der Waals surface area contributed by atoms with E-state index in [4.69, 9.17) is 4.74 Å². The van der Waals surface area contributed by atoms with Gasteiger partial charge in [-0.15, -0.1) is 0 Å². The highest BCUT2D eigenvalue weighted by atomic mass is 19.4. The average Bonchev–Trinajstić information content (AvgIpc) is 2.53. The number of nitrogens with one attached hydrogen (secondary N) is 1. The third-order valence-electron chi connectivity index (χ3n) is 3.51. The fourth-order valence-corrected chi connectivity index (χ4v) is 2.13. The van der Waals surface area contributed by atoms with E-state index in [1.165, 1.54) is 12.1 Å². The van der Waals surface area contributed by atoms with Crippen LogP contribution < -0.4 is 10.1 Å².